The second-order valence-corrected chi connectivity index (χ2v) is 7.99. The van der Waals surface area contributed by atoms with Crippen molar-refractivity contribution < 1.29 is 27.9 Å². The summed E-state index contributed by atoms with van der Waals surface area (Å²) in [6, 6.07) is 10.5. The molecule has 0 fully saturated rings. The smallest absolute Gasteiger partial charge is 0.308 e. The van der Waals surface area contributed by atoms with Crippen LogP contribution >= 0.6 is 0 Å². The van der Waals surface area contributed by atoms with Crippen molar-refractivity contribution in [1.29, 1.82) is 0 Å². The molecule has 0 radical (unpaired) electrons. The fraction of sp³-hybridized carbons (Fsp3) is 0.292. The van der Waals surface area contributed by atoms with Gasteiger partial charge in [0, 0.05) is 42.5 Å². The number of fused-ring (bicyclic) bond motifs is 1. The molecule has 168 valence electrons. The van der Waals surface area contributed by atoms with Crippen molar-refractivity contribution in [3.8, 4) is 0 Å². The Morgan fingerprint density at radius 1 is 1.12 bits per heavy atom. The van der Waals surface area contributed by atoms with Gasteiger partial charge < -0.3 is 15.0 Å². The van der Waals surface area contributed by atoms with Crippen molar-refractivity contribution in [2.75, 3.05) is 25.1 Å². The van der Waals surface area contributed by atoms with Gasteiger partial charge in [-0.1, -0.05) is 32.0 Å². The molecule has 8 heteroatoms. The molecule has 2 aromatic rings. The first-order valence-electron chi connectivity index (χ1n) is 10.1. The van der Waals surface area contributed by atoms with Crippen molar-refractivity contribution in [3.05, 3.63) is 77.0 Å². The molecular weight excluding hydrogens is 418 g/mol. The average Bonchev–Trinajstić information content (AvgIpc) is 2.93. The third-order valence-electron chi connectivity index (χ3n) is 5.40. The van der Waals surface area contributed by atoms with Crippen LogP contribution in [-0.4, -0.2) is 37.9 Å². The third-order valence-corrected chi connectivity index (χ3v) is 5.40. The van der Waals surface area contributed by atoms with Crippen molar-refractivity contribution in [3.63, 3.8) is 0 Å². The molecule has 6 nitrogen and oxygen atoms in total. The molecule has 1 aliphatic rings. The molecule has 1 amide bonds. The Kier molecular flexibility index (Phi) is 6.72. The molecule has 32 heavy (non-hydrogen) atoms. The summed E-state index contributed by atoms with van der Waals surface area (Å²) in [6.45, 7) is 3.50. The van der Waals surface area contributed by atoms with E-state index in [-0.39, 0.29) is 29.7 Å². The lowest BCUT2D eigenvalue weighted by Crippen LogP contribution is -2.28. The average molecular weight is 442 g/mol. The fourth-order valence-corrected chi connectivity index (χ4v) is 3.72. The van der Waals surface area contributed by atoms with E-state index in [9.17, 15) is 23.2 Å². The zero-order chi connectivity index (χ0) is 23.5. The molecule has 0 aromatic heterocycles. The van der Waals surface area contributed by atoms with E-state index in [1.54, 1.807) is 0 Å². The van der Waals surface area contributed by atoms with E-state index in [1.807, 2.05) is 50.1 Å². The first-order chi connectivity index (χ1) is 15.1. The number of allylic oxidation sites excluding steroid dienone is 1. The number of para-hydroxylation sites is 1. The number of ketones is 1. The van der Waals surface area contributed by atoms with Gasteiger partial charge in [-0.2, -0.15) is 0 Å². The van der Waals surface area contributed by atoms with Gasteiger partial charge in [0.25, 0.3) is 5.91 Å². The van der Waals surface area contributed by atoms with Crippen LogP contribution in [0.3, 0.4) is 0 Å². The number of carbonyl (C=O) groups excluding carboxylic acids is 3. The van der Waals surface area contributed by atoms with E-state index >= 15 is 0 Å². The van der Waals surface area contributed by atoms with E-state index < -0.39 is 30.1 Å². The van der Waals surface area contributed by atoms with Crippen molar-refractivity contribution in [2.45, 2.75) is 25.7 Å². The normalized spacial score (nSPS) is 15.4. The standard InChI is InChI=1S/C24H24F2N2O4/c1-24(2)18-6-4-5-7-20(18)28(3)21(24)13-16(29)14-32-22(30)10-11-27-23(31)17-9-8-15(25)12-19(17)26/h4-9,12-13H,10-11,14H2,1-3H3,(H,27,31)/b21-13-. The number of nitrogens with zero attached hydrogens (tertiary/aromatic N) is 1. The van der Waals surface area contributed by atoms with Gasteiger partial charge in [0.05, 0.1) is 12.0 Å². The van der Waals surface area contributed by atoms with Gasteiger partial charge in [-0.3, -0.25) is 14.4 Å². The maximum Gasteiger partial charge on any atom is 0.308 e. The number of esters is 1. The molecule has 0 bridgehead atoms. The number of likely N-dealkylation sites (N-methyl/N-ethyl adjacent to an activating group) is 1. The predicted octanol–water partition coefficient (Wildman–Crippen LogP) is 3.51. The van der Waals surface area contributed by atoms with Crippen molar-refractivity contribution in [1.82, 2.24) is 5.32 Å². The second-order valence-electron chi connectivity index (χ2n) is 7.99. The number of amides is 1. The summed E-state index contributed by atoms with van der Waals surface area (Å²) in [7, 11) is 1.88. The zero-order valence-corrected chi connectivity index (χ0v) is 18.1. The van der Waals surface area contributed by atoms with E-state index in [0.29, 0.717) is 6.07 Å². The Bertz CT molecular complexity index is 1100. The van der Waals surface area contributed by atoms with Crippen molar-refractivity contribution >= 4 is 23.3 Å². The molecule has 0 unspecified atom stereocenters. The number of hydrogen-bond donors (Lipinski definition) is 1. The minimum Gasteiger partial charge on any atom is -0.457 e. The summed E-state index contributed by atoms with van der Waals surface area (Å²) >= 11 is 0. The molecule has 1 N–H and O–H groups in total. The van der Waals surface area contributed by atoms with Crippen LogP contribution < -0.4 is 10.2 Å². The first kappa shape index (κ1) is 23.1. The number of ether oxygens (including phenoxy) is 1. The van der Waals surface area contributed by atoms with E-state index in [1.165, 1.54) is 6.08 Å². The molecule has 0 saturated carbocycles. The Hall–Kier alpha value is -3.55. The highest BCUT2D eigenvalue weighted by Crippen LogP contribution is 2.46. The topological polar surface area (TPSA) is 75.7 Å². The molecule has 1 aliphatic heterocycles. The van der Waals surface area contributed by atoms with Gasteiger partial charge >= 0.3 is 5.97 Å². The Balaban J connectivity index is 1.49. The number of hydrogen-bond acceptors (Lipinski definition) is 5. The lowest BCUT2D eigenvalue weighted by atomic mass is 9.83. The molecular formula is C24H24F2N2O4. The van der Waals surface area contributed by atoms with Crippen LogP contribution in [0.1, 0.15) is 36.2 Å². The Morgan fingerprint density at radius 2 is 1.84 bits per heavy atom. The molecule has 3 rings (SSSR count). The van der Waals surface area contributed by atoms with Gasteiger partial charge in [-0.25, -0.2) is 8.78 Å². The quantitative estimate of drug-likeness (QED) is 0.525. The highest BCUT2D eigenvalue weighted by Gasteiger charge is 2.38. The largest absolute Gasteiger partial charge is 0.457 e. The van der Waals surface area contributed by atoms with Crippen LogP contribution in [0.25, 0.3) is 0 Å². The lowest BCUT2D eigenvalue weighted by Gasteiger charge is -2.23. The highest BCUT2D eigenvalue weighted by molar-refractivity contribution is 5.95. The third kappa shape index (κ3) is 4.85. The van der Waals surface area contributed by atoms with Crippen LogP contribution in [0, 0.1) is 11.6 Å². The van der Waals surface area contributed by atoms with Crippen LogP contribution in [0.2, 0.25) is 0 Å². The van der Waals surface area contributed by atoms with Gasteiger partial charge in [-0.15, -0.1) is 0 Å². The number of nitrogens with one attached hydrogen (secondary N) is 1. The first-order valence-corrected chi connectivity index (χ1v) is 10.1. The number of anilines is 1. The van der Waals surface area contributed by atoms with Crippen LogP contribution in [0.4, 0.5) is 14.5 Å². The van der Waals surface area contributed by atoms with Gasteiger partial charge in [0.2, 0.25) is 0 Å². The van der Waals surface area contributed by atoms with Crippen molar-refractivity contribution in [2.24, 2.45) is 0 Å². The maximum absolute atomic E-state index is 13.6. The number of halogens is 2. The van der Waals surface area contributed by atoms with Gasteiger partial charge in [-0.05, 0) is 23.8 Å². The fourth-order valence-electron chi connectivity index (χ4n) is 3.72. The van der Waals surface area contributed by atoms with Crippen LogP contribution in [0.5, 0.6) is 0 Å². The molecule has 0 aliphatic carbocycles. The molecule has 1 heterocycles. The molecule has 0 saturated heterocycles. The molecule has 0 spiro atoms. The second kappa shape index (κ2) is 9.30. The van der Waals surface area contributed by atoms with E-state index in [0.717, 1.165) is 29.1 Å². The maximum atomic E-state index is 13.6. The summed E-state index contributed by atoms with van der Waals surface area (Å²) in [6.07, 6.45) is 1.28. The van der Waals surface area contributed by atoms with Gasteiger partial charge in [0.1, 0.15) is 11.6 Å². The van der Waals surface area contributed by atoms with Gasteiger partial charge in [0.15, 0.2) is 12.4 Å². The Labute approximate surface area is 184 Å². The monoisotopic (exact) mass is 442 g/mol. The summed E-state index contributed by atoms with van der Waals surface area (Å²) in [5, 5.41) is 2.36. The number of rotatable bonds is 7. The summed E-state index contributed by atoms with van der Waals surface area (Å²) in [4.78, 5) is 38.2. The minimum absolute atomic E-state index is 0.116. The summed E-state index contributed by atoms with van der Waals surface area (Å²) < 4.78 is 31.5. The van der Waals surface area contributed by atoms with Crippen LogP contribution in [-0.2, 0) is 19.7 Å². The molecule has 2 aromatic carbocycles. The SMILES string of the molecule is CN1/C(=C\C(=O)COC(=O)CCNC(=O)c2ccc(F)cc2F)C(C)(C)c2ccccc21. The Morgan fingerprint density at radius 3 is 2.53 bits per heavy atom. The summed E-state index contributed by atoms with van der Waals surface area (Å²) in [5.74, 6) is -3.61. The summed E-state index contributed by atoms with van der Waals surface area (Å²) in [5.41, 5.74) is 2.22. The zero-order valence-electron chi connectivity index (χ0n) is 18.1. The highest BCUT2D eigenvalue weighted by atomic mass is 19.1. The molecule has 0 atom stereocenters. The number of benzene rings is 2. The van der Waals surface area contributed by atoms with E-state index in [4.69, 9.17) is 4.74 Å². The lowest BCUT2D eigenvalue weighted by molar-refractivity contribution is -0.146. The minimum atomic E-state index is -0.995. The number of carbonyl (C=O) groups is 3. The van der Waals surface area contributed by atoms with Crippen LogP contribution in [0.15, 0.2) is 54.2 Å². The van der Waals surface area contributed by atoms with E-state index in [2.05, 4.69) is 5.32 Å². The predicted molar refractivity (Wildman–Crippen MR) is 115 cm³/mol.